The summed E-state index contributed by atoms with van der Waals surface area (Å²) in [5, 5.41) is 7.84. The van der Waals surface area contributed by atoms with Crippen molar-refractivity contribution in [2.45, 2.75) is 38.8 Å². The van der Waals surface area contributed by atoms with E-state index in [0.29, 0.717) is 12.1 Å². The normalized spacial score (nSPS) is 18.5. The van der Waals surface area contributed by atoms with Crippen LogP contribution in [0.25, 0.3) is 0 Å². The van der Waals surface area contributed by atoms with Crippen LogP contribution in [0.15, 0.2) is 10.7 Å². The third kappa shape index (κ3) is 2.11. The van der Waals surface area contributed by atoms with Crippen LogP contribution in [0.4, 0.5) is 0 Å². The van der Waals surface area contributed by atoms with Crippen molar-refractivity contribution in [2.24, 2.45) is 5.92 Å². The fourth-order valence-corrected chi connectivity index (χ4v) is 2.60. The van der Waals surface area contributed by atoms with E-state index in [9.17, 15) is 0 Å². The van der Waals surface area contributed by atoms with Crippen LogP contribution in [0.2, 0.25) is 0 Å². The van der Waals surface area contributed by atoms with Crippen molar-refractivity contribution in [3.05, 3.63) is 16.4 Å². The van der Waals surface area contributed by atoms with Gasteiger partial charge in [0.1, 0.15) is 0 Å². The molecule has 0 amide bonds. The van der Waals surface area contributed by atoms with Crippen LogP contribution in [0, 0.1) is 5.92 Å². The zero-order valence-corrected chi connectivity index (χ0v) is 11.1. The average Bonchev–Trinajstić information content (AvgIpc) is 2.93. The summed E-state index contributed by atoms with van der Waals surface area (Å²) in [6, 6.07) is 0.866. The Morgan fingerprint density at radius 2 is 2.20 bits per heavy atom. The van der Waals surface area contributed by atoms with Crippen LogP contribution in [-0.4, -0.2) is 16.8 Å². The zero-order valence-electron chi connectivity index (χ0n) is 9.50. The fraction of sp³-hybridized carbons (Fsp3) is 0.727. The lowest BCUT2D eigenvalue weighted by atomic mass is 10.1. The molecule has 1 N–H and O–H groups in total. The van der Waals surface area contributed by atoms with Gasteiger partial charge in [0.2, 0.25) is 0 Å². The molecule has 1 atom stereocenters. The molecule has 0 aliphatic heterocycles. The Morgan fingerprint density at radius 1 is 1.53 bits per heavy atom. The molecule has 4 heteroatoms. The van der Waals surface area contributed by atoms with Gasteiger partial charge >= 0.3 is 0 Å². The zero-order chi connectivity index (χ0) is 11.0. The van der Waals surface area contributed by atoms with Crippen molar-refractivity contribution < 1.29 is 0 Å². The number of rotatable bonds is 4. The second-order valence-corrected chi connectivity index (χ2v) is 5.37. The molecule has 1 aliphatic rings. The van der Waals surface area contributed by atoms with Crippen molar-refractivity contribution in [2.75, 3.05) is 7.05 Å². The summed E-state index contributed by atoms with van der Waals surface area (Å²) < 4.78 is 3.24. The quantitative estimate of drug-likeness (QED) is 0.913. The Balaban J connectivity index is 2.34. The van der Waals surface area contributed by atoms with Gasteiger partial charge in [0.15, 0.2) is 0 Å². The molecule has 84 valence electrons. The maximum absolute atomic E-state index is 4.42. The van der Waals surface area contributed by atoms with Gasteiger partial charge in [-0.3, -0.25) is 4.68 Å². The first-order valence-electron chi connectivity index (χ1n) is 5.55. The molecule has 1 heterocycles. The minimum atomic E-state index is 0.417. The van der Waals surface area contributed by atoms with Crippen LogP contribution in [-0.2, 0) is 0 Å². The van der Waals surface area contributed by atoms with E-state index in [-0.39, 0.29) is 0 Å². The van der Waals surface area contributed by atoms with Gasteiger partial charge in [-0.25, -0.2) is 0 Å². The van der Waals surface area contributed by atoms with Gasteiger partial charge in [0, 0.05) is 6.04 Å². The molecule has 1 aromatic rings. The summed E-state index contributed by atoms with van der Waals surface area (Å²) in [7, 11) is 2.03. The lowest BCUT2D eigenvalue weighted by molar-refractivity contribution is 0.434. The Bertz CT molecular complexity index is 342. The van der Waals surface area contributed by atoms with E-state index in [1.807, 2.05) is 13.2 Å². The van der Waals surface area contributed by atoms with E-state index >= 15 is 0 Å². The van der Waals surface area contributed by atoms with Crippen LogP contribution in [0.3, 0.4) is 0 Å². The van der Waals surface area contributed by atoms with Gasteiger partial charge in [0.25, 0.3) is 0 Å². The van der Waals surface area contributed by atoms with Crippen LogP contribution < -0.4 is 5.32 Å². The van der Waals surface area contributed by atoms with Gasteiger partial charge in [0.05, 0.1) is 22.4 Å². The molecule has 0 saturated heterocycles. The third-order valence-electron chi connectivity index (χ3n) is 2.98. The van der Waals surface area contributed by atoms with Crippen LogP contribution >= 0.6 is 15.9 Å². The number of nitrogens with zero attached hydrogens (tertiary/aromatic N) is 2. The van der Waals surface area contributed by atoms with Crippen molar-refractivity contribution in [3.8, 4) is 0 Å². The van der Waals surface area contributed by atoms with E-state index in [1.165, 1.54) is 18.5 Å². The molecule has 1 aliphatic carbocycles. The smallest absolute Gasteiger partial charge is 0.0701 e. The van der Waals surface area contributed by atoms with E-state index in [1.54, 1.807) is 0 Å². The summed E-state index contributed by atoms with van der Waals surface area (Å²) >= 11 is 3.60. The van der Waals surface area contributed by atoms with Gasteiger partial charge in [-0.2, -0.15) is 5.10 Å². The fourth-order valence-electron chi connectivity index (χ4n) is 2.08. The summed E-state index contributed by atoms with van der Waals surface area (Å²) in [5.74, 6) is 0.792. The lowest BCUT2D eigenvalue weighted by Gasteiger charge is -2.20. The predicted octanol–water partition coefficient (Wildman–Crippen LogP) is 2.90. The summed E-state index contributed by atoms with van der Waals surface area (Å²) in [6.07, 6.45) is 4.57. The molecule has 2 rings (SSSR count). The molecule has 1 saturated carbocycles. The average molecular weight is 272 g/mol. The number of hydrogen-bond donors (Lipinski definition) is 1. The van der Waals surface area contributed by atoms with E-state index in [4.69, 9.17) is 0 Å². The minimum absolute atomic E-state index is 0.417. The Labute approximate surface area is 99.4 Å². The highest BCUT2D eigenvalue weighted by atomic mass is 79.9. The molecular formula is C11H18BrN3. The second kappa shape index (κ2) is 4.26. The Hall–Kier alpha value is -0.350. The minimum Gasteiger partial charge on any atom is -0.311 e. The van der Waals surface area contributed by atoms with Gasteiger partial charge in [-0.05, 0) is 55.6 Å². The maximum atomic E-state index is 4.42. The lowest BCUT2D eigenvalue weighted by Crippen LogP contribution is -2.23. The number of nitrogens with one attached hydrogen (secondary N) is 1. The number of aromatic nitrogens is 2. The molecule has 1 unspecified atom stereocenters. The molecule has 0 aromatic carbocycles. The second-order valence-electron chi connectivity index (χ2n) is 4.52. The van der Waals surface area contributed by atoms with Crippen molar-refractivity contribution in [1.29, 1.82) is 0 Å². The van der Waals surface area contributed by atoms with E-state index in [2.05, 4.69) is 44.9 Å². The van der Waals surface area contributed by atoms with E-state index < -0.39 is 0 Å². The van der Waals surface area contributed by atoms with Gasteiger partial charge in [-0.1, -0.05) is 0 Å². The highest BCUT2D eigenvalue weighted by Crippen LogP contribution is 2.43. The largest absolute Gasteiger partial charge is 0.311 e. The maximum Gasteiger partial charge on any atom is 0.0701 e. The first-order chi connectivity index (χ1) is 7.15. The van der Waals surface area contributed by atoms with Gasteiger partial charge < -0.3 is 5.32 Å². The Morgan fingerprint density at radius 3 is 2.67 bits per heavy atom. The first kappa shape index (κ1) is 11.1. The van der Waals surface area contributed by atoms with Crippen LogP contribution in [0.5, 0.6) is 0 Å². The molecule has 1 fully saturated rings. The molecule has 15 heavy (non-hydrogen) atoms. The Kier molecular flexibility index (Phi) is 3.16. The molecule has 0 radical (unpaired) electrons. The van der Waals surface area contributed by atoms with Crippen molar-refractivity contribution >= 4 is 15.9 Å². The predicted molar refractivity (Wildman–Crippen MR) is 64.8 cm³/mol. The molecule has 1 aromatic heterocycles. The molecule has 3 nitrogen and oxygen atoms in total. The van der Waals surface area contributed by atoms with E-state index in [0.717, 1.165) is 10.4 Å². The van der Waals surface area contributed by atoms with Gasteiger partial charge in [-0.15, -0.1) is 0 Å². The topological polar surface area (TPSA) is 29.9 Å². The summed E-state index contributed by atoms with van der Waals surface area (Å²) in [5.41, 5.74) is 1.30. The molecule has 0 bridgehead atoms. The summed E-state index contributed by atoms with van der Waals surface area (Å²) in [4.78, 5) is 0. The highest BCUT2D eigenvalue weighted by molar-refractivity contribution is 9.10. The monoisotopic (exact) mass is 271 g/mol. The summed E-state index contributed by atoms with van der Waals surface area (Å²) in [6.45, 7) is 4.34. The molecular weight excluding hydrogens is 254 g/mol. The first-order valence-corrected chi connectivity index (χ1v) is 6.34. The SMILES string of the molecule is CNC(c1c(Br)cnn1C(C)C)C1CC1. The van der Waals surface area contributed by atoms with Crippen molar-refractivity contribution in [3.63, 3.8) is 0 Å². The third-order valence-corrected chi connectivity index (χ3v) is 3.59. The number of hydrogen-bond acceptors (Lipinski definition) is 2. The van der Waals surface area contributed by atoms with Crippen molar-refractivity contribution in [1.82, 2.24) is 15.1 Å². The number of halogens is 1. The standard InChI is InChI=1S/C11H18BrN3/c1-7(2)15-11(9(12)6-14-15)10(13-3)8-4-5-8/h6-8,10,13H,4-5H2,1-3H3. The highest BCUT2D eigenvalue weighted by Gasteiger charge is 2.34. The molecule has 0 spiro atoms. The van der Waals surface area contributed by atoms with Crippen LogP contribution in [0.1, 0.15) is 44.5 Å².